The zero-order chi connectivity index (χ0) is 37.0. The molecule has 0 spiro atoms. The monoisotopic (exact) mass is 706 g/mol. The van der Waals surface area contributed by atoms with Gasteiger partial charge in [-0.15, -0.1) is 0 Å². The Kier molecular flexibility index (Phi) is 13.0. The number of esters is 2. The molecule has 2 amide bonds. The minimum absolute atomic E-state index is 0.227. The van der Waals surface area contributed by atoms with Gasteiger partial charge in [0.25, 0.3) is 0 Å². The molecular weight excluding hydrogens is 660 g/mol. The van der Waals surface area contributed by atoms with Crippen LogP contribution in [-0.4, -0.2) is 47.0 Å². The van der Waals surface area contributed by atoms with Crippen LogP contribution >= 0.6 is 0 Å². The van der Waals surface area contributed by atoms with Crippen LogP contribution < -0.4 is 9.47 Å². The summed E-state index contributed by atoms with van der Waals surface area (Å²) >= 11 is 0. The van der Waals surface area contributed by atoms with Gasteiger partial charge in [0.15, 0.2) is 0 Å². The highest BCUT2D eigenvalue weighted by atomic mass is 16.6. The highest BCUT2D eigenvalue weighted by molar-refractivity contribution is 5.93. The third kappa shape index (κ3) is 10.4. The molecule has 1 saturated carbocycles. The van der Waals surface area contributed by atoms with Crippen molar-refractivity contribution in [3.05, 3.63) is 119 Å². The van der Waals surface area contributed by atoms with E-state index in [0.717, 1.165) is 33.8 Å². The molecule has 272 valence electrons. The van der Waals surface area contributed by atoms with Crippen LogP contribution in [0.15, 0.2) is 97.1 Å². The molecule has 1 fully saturated rings. The number of nitrogens with zero attached hydrogens (tertiary/aromatic N) is 2. The number of hydrogen-bond acceptors (Lipinski definition) is 8. The second kappa shape index (κ2) is 18.0. The first-order valence-corrected chi connectivity index (χ1v) is 17.8. The Morgan fingerprint density at radius 3 is 1.27 bits per heavy atom. The van der Waals surface area contributed by atoms with Gasteiger partial charge in [0.1, 0.15) is 23.0 Å². The Hall–Kier alpha value is -5.64. The first kappa shape index (κ1) is 37.6. The first-order valence-electron chi connectivity index (χ1n) is 17.8. The van der Waals surface area contributed by atoms with E-state index in [1.807, 2.05) is 125 Å². The lowest BCUT2D eigenvalue weighted by atomic mass is 9.74. The van der Waals surface area contributed by atoms with E-state index in [4.69, 9.17) is 18.9 Å². The van der Waals surface area contributed by atoms with Gasteiger partial charge in [-0.3, -0.25) is 9.59 Å². The number of amides is 2. The predicted octanol–water partition coefficient (Wildman–Crippen LogP) is 9.36. The molecule has 4 aromatic rings. The quantitative estimate of drug-likeness (QED) is 0.0942. The SMILES string of the molecule is CCCN(Cc1ccc(Oc2cccc(C)c2)cc1)C(=O)OC(=O)C1CCC1C(=O)OC(=O)N(CCC)Cc1ccc(Oc2cccc(C)c2)cc1. The van der Waals surface area contributed by atoms with Crippen molar-refractivity contribution in [3.8, 4) is 23.0 Å². The molecule has 0 radical (unpaired) electrons. The smallest absolute Gasteiger partial charge is 0.417 e. The molecule has 1 aliphatic rings. The van der Waals surface area contributed by atoms with Crippen LogP contribution in [0.1, 0.15) is 61.8 Å². The van der Waals surface area contributed by atoms with Crippen molar-refractivity contribution in [3.63, 3.8) is 0 Å². The standard InChI is InChI=1S/C42H46N2O8/c1-5-23-43(27-31-13-17-33(18-14-31)49-35-11-7-9-29(3)25-35)41(47)51-39(45)37-21-22-38(37)40(46)52-42(48)44(24-6-2)28-32-15-19-34(20-16-32)50-36-12-8-10-30(4)26-36/h7-20,25-26,37-38H,5-6,21-24,27-28H2,1-4H3. The molecular formula is C42H46N2O8. The number of carbonyl (C=O) groups excluding carboxylic acids is 4. The third-order valence-corrected chi connectivity index (χ3v) is 8.80. The molecule has 10 nitrogen and oxygen atoms in total. The fourth-order valence-corrected chi connectivity index (χ4v) is 5.92. The van der Waals surface area contributed by atoms with Crippen molar-refractivity contribution in [2.24, 2.45) is 11.8 Å². The van der Waals surface area contributed by atoms with Gasteiger partial charge < -0.3 is 28.7 Å². The summed E-state index contributed by atoms with van der Waals surface area (Å²) in [4.78, 5) is 55.3. The first-order chi connectivity index (χ1) is 25.1. The summed E-state index contributed by atoms with van der Waals surface area (Å²) in [6.07, 6.45) is 0.436. The third-order valence-electron chi connectivity index (χ3n) is 8.80. The Labute approximate surface area is 305 Å². The lowest BCUT2D eigenvalue weighted by Gasteiger charge is -2.33. The molecule has 0 saturated heterocycles. The molecule has 0 N–H and O–H groups in total. The molecule has 5 rings (SSSR count). The van der Waals surface area contributed by atoms with E-state index < -0.39 is 36.0 Å². The van der Waals surface area contributed by atoms with Crippen LogP contribution in [0.3, 0.4) is 0 Å². The molecule has 2 unspecified atom stereocenters. The molecule has 2 atom stereocenters. The molecule has 1 aliphatic carbocycles. The van der Waals surface area contributed by atoms with Crippen molar-refractivity contribution in [1.29, 1.82) is 0 Å². The summed E-state index contributed by atoms with van der Waals surface area (Å²) in [5.74, 6) is -0.556. The number of aryl methyl sites for hydroxylation is 2. The van der Waals surface area contributed by atoms with Gasteiger partial charge in [-0.05, 0) is 110 Å². The van der Waals surface area contributed by atoms with Crippen molar-refractivity contribution in [1.82, 2.24) is 9.80 Å². The fourth-order valence-electron chi connectivity index (χ4n) is 5.92. The number of carbonyl (C=O) groups is 4. The van der Waals surface area contributed by atoms with Gasteiger partial charge in [0, 0.05) is 26.2 Å². The van der Waals surface area contributed by atoms with E-state index in [1.165, 1.54) is 9.80 Å². The molecule has 0 heterocycles. The van der Waals surface area contributed by atoms with E-state index in [9.17, 15) is 19.2 Å². The van der Waals surface area contributed by atoms with Gasteiger partial charge in [0.05, 0.1) is 11.8 Å². The van der Waals surface area contributed by atoms with Gasteiger partial charge >= 0.3 is 24.1 Å². The zero-order valence-electron chi connectivity index (χ0n) is 30.2. The largest absolute Gasteiger partial charge is 0.457 e. The average molecular weight is 707 g/mol. The lowest BCUT2D eigenvalue weighted by Crippen LogP contribution is -2.44. The number of ether oxygens (including phenoxy) is 4. The molecule has 10 heteroatoms. The van der Waals surface area contributed by atoms with Gasteiger partial charge in [-0.25, -0.2) is 9.59 Å². The van der Waals surface area contributed by atoms with Crippen LogP contribution in [0.25, 0.3) is 0 Å². The number of hydrogen-bond donors (Lipinski definition) is 0. The average Bonchev–Trinajstić information content (AvgIpc) is 3.09. The van der Waals surface area contributed by atoms with E-state index in [2.05, 4.69) is 0 Å². The number of rotatable bonds is 14. The summed E-state index contributed by atoms with van der Waals surface area (Å²) in [5, 5.41) is 0. The predicted molar refractivity (Wildman–Crippen MR) is 196 cm³/mol. The fraction of sp³-hybridized carbons (Fsp3) is 0.333. The van der Waals surface area contributed by atoms with Crippen LogP contribution in [0.4, 0.5) is 9.59 Å². The Bertz CT molecular complexity index is 1700. The molecule has 4 aromatic carbocycles. The van der Waals surface area contributed by atoms with Crippen molar-refractivity contribution in [2.45, 2.75) is 66.5 Å². The topological polar surface area (TPSA) is 112 Å². The van der Waals surface area contributed by atoms with Crippen LogP contribution in [0, 0.1) is 25.7 Å². The van der Waals surface area contributed by atoms with E-state index in [1.54, 1.807) is 0 Å². The van der Waals surface area contributed by atoms with Gasteiger partial charge in [-0.1, -0.05) is 62.4 Å². The Morgan fingerprint density at radius 1 is 0.558 bits per heavy atom. The normalized spacial score (nSPS) is 14.8. The highest BCUT2D eigenvalue weighted by Crippen LogP contribution is 2.37. The van der Waals surface area contributed by atoms with E-state index in [-0.39, 0.29) is 13.1 Å². The minimum Gasteiger partial charge on any atom is -0.457 e. The summed E-state index contributed by atoms with van der Waals surface area (Å²) in [6, 6.07) is 30.2. The maximum absolute atomic E-state index is 13.1. The van der Waals surface area contributed by atoms with Crippen molar-refractivity contribution in [2.75, 3.05) is 13.1 Å². The highest BCUT2D eigenvalue weighted by Gasteiger charge is 2.45. The Morgan fingerprint density at radius 2 is 0.942 bits per heavy atom. The number of benzene rings is 4. The lowest BCUT2D eigenvalue weighted by molar-refractivity contribution is -0.161. The maximum Gasteiger partial charge on any atom is 0.417 e. The summed E-state index contributed by atoms with van der Waals surface area (Å²) in [5.41, 5.74) is 3.85. The zero-order valence-corrected chi connectivity index (χ0v) is 30.2. The van der Waals surface area contributed by atoms with Crippen molar-refractivity contribution >= 4 is 24.1 Å². The van der Waals surface area contributed by atoms with Crippen molar-refractivity contribution < 1.29 is 38.1 Å². The summed E-state index contributed by atoms with van der Waals surface area (Å²) < 4.78 is 22.4. The second-order valence-electron chi connectivity index (χ2n) is 13.1. The summed E-state index contributed by atoms with van der Waals surface area (Å²) in [6.45, 7) is 9.03. The minimum atomic E-state index is -0.869. The van der Waals surface area contributed by atoms with Gasteiger partial charge in [0.2, 0.25) is 0 Å². The molecule has 52 heavy (non-hydrogen) atoms. The molecule has 0 aliphatic heterocycles. The van der Waals surface area contributed by atoms with E-state index in [0.29, 0.717) is 50.3 Å². The molecule has 0 aromatic heterocycles. The summed E-state index contributed by atoms with van der Waals surface area (Å²) in [7, 11) is 0. The van der Waals surface area contributed by atoms with Gasteiger partial charge in [-0.2, -0.15) is 0 Å². The molecule has 0 bridgehead atoms. The Balaban J connectivity index is 1.11. The van der Waals surface area contributed by atoms with E-state index >= 15 is 0 Å². The van der Waals surface area contributed by atoms with Crippen LogP contribution in [0.2, 0.25) is 0 Å². The maximum atomic E-state index is 13.1. The van der Waals surface area contributed by atoms with Crippen LogP contribution in [-0.2, 0) is 32.2 Å². The van der Waals surface area contributed by atoms with Crippen LogP contribution in [0.5, 0.6) is 23.0 Å². The second-order valence-corrected chi connectivity index (χ2v) is 13.1.